The van der Waals surface area contributed by atoms with Crippen LogP contribution >= 0.6 is 0 Å². The molecule has 0 amide bonds. The second kappa shape index (κ2) is 10.5. The zero-order chi connectivity index (χ0) is 28.9. The zero-order valence-corrected chi connectivity index (χ0v) is 28.1. The highest BCUT2D eigenvalue weighted by Crippen LogP contribution is 2.60. The van der Waals surface area contributed by atoms with Crippen LogP contribution in [0.25, 0.3) is 0 Å². The lowest BCUT2D eigenvalue weighted by molar-refractivity contribution is 0.126. The number of rotatable bonds is 14. The van der Waals surface area contributed by atoms with Crippen LogP contribution in [0.15, 0.2) is 0 Å². The van der Waals surface area contributed by atoms with Gasteiger partial charge in [-0.25, -0.2) is 0 Å². The van der Waals surface area contributed by atoms with Crippen molar-refractivity contribution < 1.29 is 0 Å². The molecule has 0 bridgehead atoms. The first-order chi connectivity index (χ1) is 17.2. The van der Waals surface area contributed by atoms with E-state index >= 15 is 0 Å². The molecule has 3 rings (SSSR count). The van der Waals surface area contributed by atoms with Crippen LogP contribution in [0.1, 0.15) is 167 Å². The van der Waals surface area contributed by atoms with Gasteiger partial charge in [0.15, 0.2) is 0 Å². The Balaban J connectivity index is 1.81. The molecule has 0 saturated heterocycles. The summed E-state index contributed by atoms with van der Waals surface area (Å²) in [7, 11) is 0. The third kappa shape index (κ3) is 6.56. The molecule has 0 aliphatic heterocycles. The molecule has 0 spiro atoms. The third-order valence-electron chi connectivity index (χ3n) is 10.5. The standard InChI is InChI=1S/C37H65N/c1-14-15-17-32(4,5)22-34(8,9)24-36(12)20-28-27(3)31-29(26(2)30(28)36)21-37(31,13)25-35(10,11)23-33(6,7)18-16-19-38/h14-25,38H2,1-13H3. The molecule has 38 heavy (non-hydrogen) atoms. The van der Waals surface area contributed by atoms with E-state index in [1.807, 2.05) is 0 Å². The number of benzene rings is 1. The van der Waals surface area contributed by atoms with Gasteiger partial charge in [-0.3, -0.25) is 0 Å². The minimum absolute atomic E-state index is 0.321. The van der Waals surface area contributed by atoms with E-state index in [0.29, 0.717) is 32.5 Å². The van der Waals surface area contributed by atoms with Crippen molar-refractivity contribution in [1.82, 2.24) is 0 Å². The first-order valence-electron chi connectivity index (χ1n) is 16.1. The summed E-state index contributed by atoms with van der Waals surface area (Å²) in [4.78, 5) is 0. The quantitative estimate of drug-likeness (QED) is 0.258. The van der Waals surface area contributed by atoms with Crippen molar-refractivity contribution in [2.75, 3.05) is 6.54 Å². The number of hydrogen-bond acceptors (Lipinski definition) is 1. The Labute approximate surface area is 238 Å². The van der Waals surface area contributed by atoms with Crippen molar-refractivity contribution in [3.05, 3.63) is 33.4 Å². The Hall–Kier alpha value is -0.820. The van der Waals surface area contributed by atoms with Crippen LogP contribution in [-0.4, -0.2) is 6.54 Å². The predicted octanol–water partition coefficient (Wildman–Crippen LogP) is 10.5. The number of unbranched alkanes of at least 4 members (excludes halogenated alkanes) is 1. The second-order valence-electron chi connectivity index (χ2n) is 17.8. The Morgan fingerprint density at radius 3 is 1.34 bits per heavy atom. The van der Waals surface area contributed by atoms with Crippen molar-refractivity contribution in [2.45, 2.75) is 171 Å². The van der Waals surface area contributed by atoms with Crippen molar-refractivity contribution in [1.29, 1.82) is 0 Å². The van der Waals surface area contributed by atoms with Gasteiger partial charge >= 0.3 is 0 Å². The van der Waals surface area contributed by atoms with Crippen molar-refractivity contribution in [3.8, 4) is 0 Å². The first-order valence-corrected chi connectivity index (χ1v) is 16.1. The Morgan fingerprint density at radius 2 is 1.00 bits per heavy atom. The Morgan fingerprint density at radius 1 is 0.632 bits per heavy atom. The fourth-order valence-electron chi connectivity index (χ4n) is 10.5. The average Bonchev–Trinajstić information content (AvgIpc) is 2.70. The minimum atomic E-state index is 0.321. The number of fused-ring (bicyclic) bond motifs is 2. The third-order valence-corrected chi connectivity index (χ3v) is 10.5. The molecule has 2 unspecified atom stereocenters. The van der Waals surface area contributed by atoms with Crippen LogP contribution < -0.4 is 5.73 Å². The molecule has 1 aromatic carbocycles. The molecule has 0 radical (unpaired) electrons. The molecule has 2 N–H and O–H groups in total. The Bertz CT molecular complexity index is 908. The molecular formula is C37H65N. The SMILES string of the molecule is CCCCC(C)(C)CC(C)(C)CC1(C)Cc2c(C)c3c(c(C)c21)CC3(C)CC(C)(C)CC(C)(C)CCCN. The van der Waals surface area contributed by atoms with E-state index in [4.69, 9.17) is 5.73 Å². The highest BCUT2D eigenvalue weighted by molar-refractivity contribution is 5.65. The van der Waals surface area contributed by atoms with E-state index in [-0.39, 0.29) is 0 Å². The molecule has 218 valence electrons. The smallest absolute Gasteiger partial charge is 0.00241 e. The van der Waals surface area contributed by atoms with Crippen LogP contribution in [0.2, 0.25) is 0 Å². The minimum Gasteiger partial charge on any atom is -0.330 e. The summed E-state index contributed by atoms with van der Waals surface area (Å²) in [6.45, 7) is 33.2. The molecule has 0 saturated carbocycles. The van der Waals surface area contributed by atoms with Gasteiger partial charge in [-0.05, 0) is 144 Å². The summed E-state index contributed by atoms with van der Waals surface area (Å²) in [6.07, 6.45) is 14.1. The van der Waals surface area contributed by atoms with E-state index in [0.717, 1.165) is 13.0 Å². The molecule has 0 aromatic heterocycles. The van der Waals surface area contributed by atoms with Crippen molar-refractivity contribution >= 4 is 0 Å². The van der Waals surface area contributed by atoms with Gasteiger partial charge in [0.1, 0.15) is 0 Å². The summed E-state index contributed by atoms with van der Waals surface area (Å²) in [6, 6.07) is 0. The van der Waals surface area contributed by atoms with Crippen LogP contribution in [0, 0.1) is 35.5 Å². The highest BCUT2D eigenvalue weighted by atomic mass is 14.6. The lowest BCUT2D eigenvalue weighted by atomic mass is 9.49. The molecule has 0 heterocycles. The molecule has 0 fully saturated rings. The van der Waals surface area contributed by atoms with Gasteiger partial charge in [-0.1, -0.05) is 89.0 Å². The number of nitrogens with two attached hydrogens (primary N) is 1. The Kier molecular flexibility index (Phi) is 8.79. The van der Waals surface area contributed by atoms with E-state index < -0.39 is 0 Å². The van der Waals surface area contributed by atoms with Gasteiger partial charge in [0.25, 0.3) is 0 Å². The monoisotopic (exact) mass is 524 g/mol. The molecule has 1 heteroatoms. The molecule has 1 nitrogen and oxygen atoms in total. The normalized spacial score (nSPS) is 23.5. The van der Waals surface area contributed by atoms with Crippen molar-refractivity contribution in [3.63, 3.8) is 0 Å². The van der Waals surface area contributed by atoms with Gasteiger partial charge in [-0.2, -0.15) is 0 Å². The fourth-order valence-corrected chi connectivity index (χ4v) is 10.5. The summed E-state index contributed by atoms with van der Waals surface area (Å²) < 4.78 is 0. The maximum Gasteiger partial charge on any atom is -0.00241 e. The van der Waals surface area contributed by atoms with Crippen LogP contribution in [0.3, 0.4) is 0 Å². The van der Waals surface area contributed by atoms with E-state index in [2.05, 4.69) is 90.0 Å². The molecule has 2 aliphatic rings. The van der Waals surface area contributed by atoms with Gasteiger partial charge < -0.3 is 5.73 Å². The average molecular weight is 524 g/mol. The maximum atomic E-state index is 5.84. The summed E-state index contributed by atoms with van der Waals surface area (Å²) in [5, 5.41) is 0. The van der Waals surface area contributed by atoms with Gasteiger partial charge in [0, 0.05) is 0 Å². The summed E-state index contributed by atoms with van der Waals surface area (Å²) in [5.74, 6) is 0. The zero-order valence-electron chi connectivity index (χ0n) is 28.1. The van der Waals surface area contributed by atoms with Gasteiger partial charge in [-0.15, -0.1) is 0 Å². The fraction of sp³-hybridized carbons (Fsp3) is 0.838. The number of hydrogen-bond donors (Lipinski definition) is 1. The van der Waals surface area contributed by atoms with Gasteiger partial charge in [0.2, 0.25) is 0 Å². The molecule has 2 aliphatic carbocycles. The predicted molar refractivity (Wildman–Crippen MR) is 169 cm³/mol. The second-order valence-corrected chi connectivity index (χ2v) is 17.8. The summed E-state index contributed by atoms with van der Waals surface area (Å²) in [5.41, 5.74) is 18.1. The summed E-state index contributed by atoms with van der Waals surface area (Å²) >= 11 is 0. The van der Waals surface area contributed by atoms with E-state index in [1.54, 1.807) is 33.4 Å². The van der Waals surface area contributed by atoms with Crippen molar-refractivity contribution in [2.24, 2.45) is 27.4 Å². The van der Waals surface area contributed by atoms with Crippen LogP contribution in [0.5, 0.6) is 0 Å². The maximum absolute atomic E-state index is 5.84. The first kappa shape index (κ1) is 31.7. The van der Waals surface area contributed by atoms with Crippen LogP contribution in [-0.2, 0) is 23.7 Å². The molecular weight excluding hydrogens is 458 g/mol. The molecule has 2 atom stereocenters. The highest BCUT2D eigenvalue weighted by Gasteiger charge is 2.51. The lowest BCUT2D eigenvalue weighted by Gasteiger charge is -2.55. The van der Waals surface area contributed by atoms with E-state index in [1.165, 1.54) is 64.2 Å². The largest absolute Gasteiger partial charge is 0.330 e. The van der Waals surface area contributed by atoms with E-state index in [9.17, 15) is 0 Å². The van der Waals surface area contributed by atoms with Gasteiger partial charge in [0.05, 0.1) is 0 Å². The molecule has 1 aromatic rings. The topological polar surface area (TPSA) is 26.0 Å². The van der Waals surface area contributed by atoms with Crippen LogP contribution in [0.4, 0.5) is 0 Å². The lowest BCUT2D eigenvalue weighted by Crippen LogP contribution is -2.48.